The van der Waals surface area contributed by atoms with E-state index in [4.69, 9.17) is 0 Å². The fourth-order valence-corrected chi connectivity index (χ4v) is 1.83. The summed E-state index contributed by atoms with van der Waals surface area (Å²) >= 11 is 0. The number of anilines is 2. The number of carbonyl (C=O) groups excluding carboxylic acids is 1. The van der Waals surface area contributed by atoms with E-state index in [1.54, 1.807) is 13.2 Å². The third-order valence-electron chi connectivity index (χ3n) is 2.91. The second-order valence-corrected chi connectivity index (χ2v) is 4.67. The summed E-state index contributed by atoms with van der Waals surface area (Å²) in [6, 6.07) is 9.57. The van der Waals surface area contributed by atoms with Crippen LogP contribution in [0.4, 0.5) is 16.4 Å². The minimum Gasteiger partial charge on any atom is -0.453 e. The number of aryl methyl sites for hydroxylation is 1. The zero-order valence-electron chi connectivity index (χ0n) is 12.3. The van der Waals surface area contributed by atoms with Crippen molar-refractivity contribution >= 4 is 17.7 Å². The summed E-state index contributed by atoms with van der Waals surface area (Å²) < 4.78 is 4.66. The van der Waals surface area contributed by atoms with Gasteiger partial charge in [-0.05, 0) is 30.7 Å². The van der Waals surface area contributed by atoms with E-state index in [2.05, 4.69) is 20.0 Å². The number of hydrogen-bond acceptors (Lipinski definition) is 5. The molecule has 110 valence electrons. The van der Waals surface area contributed by atoms with E-state index in [9.17, 15) is 4.79 Å². The fraction of sp³-hybridized carbons (Fsp3) is 0.267. The zero-order valence-corrected chi connectivity index (χ0v) is 12.3. The molecule has 2 aromatic rings. The number of ether oxygens (including phenoxy) is 1. The Kier molecular flexibility index (Phi) is 4.71. The Morgan fingerprint density at radius 1 is 1.29 bits per heavy atom. The largest absolute Gasteiger partial charge is 0.453 e. The number of nitrogens with one attached hydrogen (secondary N) is 1. The van der Waals surface area contributed by atoms with E-state index in [1.165, 1.54) is 12.0 Å². The number of amides is 1. The summed E-state index contributed by atoms with van der Waals surface area (Å²) in [6.45, 7) is 2.41. The molecule has 1 heterocycles. The SMILES string of the molecule is COC(=O)N(C)Cc1ccc(Nc2nccc(C)n2)cc1. The van der Waals surface area contributed by atoms with Crippen LogP contribution in [-0.2, 0) is 11.3 Å². The van der Waals surface area contributed by atoms with Gasteiger partial charge < -0.3 is 15.0 Å². The molecule has 0 aliphatic heterocycles. The Morgan fingerprint density at radius 3 is 2.62 bits per heavy atom. The first kappa shape index (κ1) is 14.8. The number of aromatic nitrogens is 2. The number of rotatable bonds is 4. The van der Waals surface area contributed by atoms with Gasteiger partial charge in [0.05, 0.1) is 7.11 Å². The predicted molar refractivity (Wildman–Crippen MR) is 80.4 cm³/mol. The Bertz CT molecular complexity index is 613. The van der Waals surface area contributed by atoms with Gasteiger partial charge in [-0.25, -0.2) is 14.8 Å². The van der Waals surface area contributed by atoms with Gasteiger partial charge in [0.15, 0.2) is 0 Å². The minimum absolute atomic E-state index is 0.356. The first-order valence-electron chi connectivity index (χ1n) is 6.53. The topological polar surface area (TPSA) is 67.3 Å². The Morgan fingerprint density at radius 2 is 2.00 bits per heavy atom. The lowest BCUT2D eigenvalue weighted by molar-refractivity contribution is 0.131. The zero-order chi connectivity index (χ0) is 15.2. The summed E-state index contributed by atoms with van der Waals surface area (Å²) in [4.78, 5) is 21.3. The van der Waals surface area contributed by atoms with Gasteiger partial charge >= 0.3 is 6.09 Å². The number of methoxy groups -OCH3 is 1. The van der Waals surface area contributed by atoms with Crippen LogP contribution >= 0.6 is 0 Å². The third kappa shape index (κ3) is 4.17. The fourth-order valence-electron chi connectivity index (χ4n) is 1.83. The van der Waals surface area contributed by atoms with Crippen LogP contribution in [0.25, 0.3) is 0 Å². The van der Waals surface area contributed by atoms with E-state index < -0.39 is 0 Å². The first-order chi connectivity index (χ1) is 10.1. The van der Waals surface area contributed by atoms with Crippen LogP contribution in [0.3, 0.4) is 0 Å². The van der Waals surface area contributed by atoms with Crippen molar-refractivity contribution in [1.29, 1.82) is 0 Å². The summed E-state index contributed by atoms with van der Waals surface area (Å²) in [7, 11) is 3.06. The van der Waals surface area contributed by atoms with E-state index in [-0.39, 0.29) is 6.09 Å². The van der Waals surface area contributed by atoms with Gasteiger partial charge in [0.1, 0.15) is 0 Å². The van der Waals surface area contributed by atoms with Crippen LogP contribution < -0.4 is 5.32 Å². The molecule has 0 radical (unpaired) electrons. The highest BCUT2D eigenvalue weighted by Crippen LogP contribution is 2.15. The van der Waals surface area contributed by atoms with Gasteiger partial charge in [0.2, 0.25) is 5.95 Å². The molecule has 0 aliphatic rings. The molecule has 1 aromatic heterocycles. The summed E-state index contributed by atoms with van der Waals surface area (Å²) in [6.07, 6.45) is 1.36. The molecule has 1 aromatic carbocycles. The van der Waals surface area contributed by atoms with Crippen LogP contribution in [0.15, 0.2) is 36.5 Å². The van der Waals surface area contributed by atoms with Crippen LogP contribution in [-0.4, -0.2) is 35.1 Å². The molecule has 6 heteroatoms. The number of benzene rings is 1. The lowest BCUT2D eigenvalue weighted by Crippen LogP contribution is -2.25. The van der Waals surface area contributed by atoms with Gasteiger partial charge in [-0.15, -0.1) is 0 Å². The van der Waals surface area contributed by atoms with Crippen molar-refractivity contribution in [3.8, 4) is 0 Å². The lowest BCUT2D eigenvalue weighted by atomic mass is 10.2. The molecule has 6 nitrogen and oxygen atoms in total. The maximum atomic E-state index is 11.3. The Labute approximate surface area is 123 Å². The summed E-state index contributed by atoms with van der Waals surface area (Å²) in [5, 5.41) is 3.13. The summed E-state index contributed by atoms with van der Waals surface area (Å²) in [5.74, 6) is 0.564. The predicted octanol–water partition coefficient (Wildman–Crippen LogP) is 2.73. The third-order valence-corrected chi connectivity index (χ3v) is 2.91. The molecule has 0 atom stereocenters. The van der Waals surface area contributed by atoms with Gasteiger partial charge in [-0.1, -0.05) is 12.1 Å². The second kappa shape index (κ2) is 6.69. The summed E-state index contributed by atoms with van der Waals surface area (Å²) in [5.41, 5.74) is 2.81. The molecule has 21 heavy (non-hydrogen) atoms. The number of hydrogen-bond donors (Lipinski definition) is 1. The van der Waals surface area contributed by atoms with Crippen molar-refractivity contribution in [3.05, 3.63) is 47.8 Å². The maximum Gasteiger partial charge on any atom is 0.409 e. The quantitative estimate of drug-likeness (QED) is 0.936. The van der Waals surface area contributed by atoms with Crippen LogP contribution in [0.5, 0.6) is 0 Å². The van der Waals surface area contributed by atoms with E-state index >= 15 is 0 Å². The highest BCUT2D eigenvalue weighted by Gasteiger charge is 2.08. The normalized spacial score (nSPS) is 10.0. The standard InChI is InChI=1S/C15H18N4O2/c1-11-8-9-16-14(17-11)18-13-6-4-12(5-7-13)10-19(2)15(20)21-3/h4-9H,10H2,1-3H3,(H,16,17,18). The molecule has 1 N–H and O–H groups in total. The van der Waals surface area contributed by atoms with Gasteiger partial charge in [0, 0.05) is 31.2 Å². The molecule has 0 saturated heterocycles. The second-order valence-electron chi connectivity index (χ2n) is 4.67. The van der Waals surface area contributed by atoms with Crippen LogP contribution in [0.2, 0.25) is 0 Å². The van der Waals surface area contributed by atoms with Crippen molar-refractivity contribution in [2.75, 3.05) is 19.5 Å². The molecule has 2 rings (SSSR count). The number of carbonyl (C=O) groups is 1. The van der Waals surface area contributed by atoms with Crippen LogP contribution in [0, 0.1) is 6.92 Å². The highest BCUT2D eigenvalue weighted by atomic mass is 16.5. The lowest BCUT2D eigenvalue weighted by Gasteiger charge is -2.15. The molecule has 1 amide bonds. The van der Waals surface area contributed by atoms with Crippen molar-refractivity contribution in [2.24, 2.45) is 0 Å². The molecule has 0 saturated carbocycles. The van der Waals surface area contributed by atoms with E-state index in [0.717, 1.165) is 16.9 Å². The maximum absolute atomic E-state index is 11.3. The minimum atomic E-state index is -0.356. The molecular formula is C15H18N4O2. The Hall–Kier alpha value is -2.63. The molecule has 0 spiro atoms. The van der Waals surface area contributed by atoms with Crippen molar-refractivity contribution in [2.45, 2.75) is 13.5 Å². The van der Waals surface area contributed by atoms with E-state index in [0.29, 0.717) is 12.5 Å². The highest BCUT2D eigenvalue weighted by molar-refractivity contribution is 5.67. The van der Waals surface area contributed by atoms with Crippen molar-refractivity contribution in [3.63, 3.8) is 0 Å². The van der Waals surface area contributed by atoms with Crippen LogP contribution in [0.1, 0.15) is 11.3 Å². The van der Waals surface area contributed by atoms with Crippen molar-refractivity contribution in [1.82, 2.24) is 14.9 Å². The van der Waals surface area contributed by atoms with Gasteiger partial charge in [0.25, 0.3) is 0 Å². The molecule has 0 bridgehead atoms. The first-order valence-corrected chi connectivity index (χ1v) is 6.53. The molecular weight excluding hydrogens is 268 g/mol. The molecule has 0 fully saturated rings. The smallest absolute Gasteiger partial charge is 0.409 e. The van der Waals surface area contributed by atoms with Crippen molar-refractivity contribution < 1.29 is 9.53 Å². The van der Waals surface area contributed by atoms with Gasteiger partial charge in [-0.2, -0.15) is 0 Å². The molecule has 0 aliphatic carbocycles. The average molecular weight is 286 g/mol. The monoisotopic (exact) mass is 286 g/mol. The van der Waals surface area contributed by atoms with Gasteiger partial charge in [-0.3, -0.25) is 0 Å². The average Bonchev–Trinajstić information content (AvgIpc) is 2.48. The number of nitrogens with zero attached hydrogens (tertiary/aromatic N) is 3. The Balaban J connectivity index is 2.00. The molecule has 0 unspecified atom stereocenters. The van der Waals surface area contributed by atoms with E-state index in [1.807, 2.05) is 37.3 Å².